The van der Waals surface area contributed by atoms with Crippen molar-refractivity contribution < 1.29 is 14.3 Å². The van der Waals surface area contributed by atoms with Crippen LogP contribution in [0.4, 0.5) is 0 Å². The molecule has 2 rings (SSSR count). The number of hydrogen-bond donors (Lipinski definition) is 0. The number of esters is 1. The second kappa shape index (κ2) is 12.8. The number of ether oxygens (including phenoxy) is 2. The van der Waals surface area contributed by atoms with Gasteiger partial charge in [0.1, 0.15) is 11.5 Å². The summed E-state index contributed by atoms with van der Waals surface area (Å²) in [5, 5.41) is 0. The molecular weight excluding hydrogens is 360 g/mol. The van der Waals surface area contributed by atoms with Gasteiger partial charge in [-0.05, 0) is 60.2 Å². The van der Waals surface area contributed by atoms with Crippen molar-refractivity contribution in [1.29, 1.82) is 0 Å². The molecule has 0 aliphatic rings. The van der Waals surface area contributed by atoms with Crippen molar-refractivity contribution in [3.05, 3.63) is 65.7 Å². The van der Waals surface area contributed by atoms with E-state index >= 15 is 0 Å². The zero-order valence-corrected chi connectivity index (χ0v) is 18.0. The van der Waals surface area contributed by atoms with Gasteiger partial charge in [0, 0.05) is 6.08 Å². The molecule has 0 heterocycles. The summed E-state index contributed by atoms with van der Waals surface area (Å²) in [5.41, 5.74) is 2.20. The molecule has 0 aliphatic heterocycles. The van der Waals surface area contributed by atoms with Crippen LogP contribution in [0.1, 0.15) is 64.0 Å². The van der Waals surface area contributed by atoms with Gasteiger partial charge >= 0.3 is 5.97 Å². The van der Waals surface area contributed by atoms with Gasteiger partial charge in [-0.25, -0.2) is 4.79 Å². The summed E-state index contributed by atoms with van der Waals surface area (Å²) in [6.45, 7) is 7.39. The van der Waals surface area contributed by atoms with Gasteiger partial charge in [0.2, 0.25) is 0 Å². The Kier molecular flexibility index (Phi) is 10.1. The Labute approximate surface area is 175 Å². The Morgan fingerprint density at radius 1 is 0.931 bits per heavy atom. The Balaban J connectivity index is 1.78. The molecule has 0 bridgehead atoms. The fraction of sp³-hybridized carbons (Fsp3) is 0.423. The van der Waals surface area contributed by atoms with Crippen LogP contribution >= 0.6 is 0 Å². The number of carbonyl (C=O) groups is 1. The van der Waals surface area contributed by atoms with Crippen LogP contribution in [0.15, 0.2) is 54.6 Å². The summed E-state index contributed by atoms with van der Waals surface area (Å²) in [5.74, 6) is 1.71. The molecule has 0 amide bonds. The quantitative estimate of drug-likeness (QED) is 0.171. The molecule has 3 nitrogen and oxygen atoms in total. The molecule has 0 aliphatic carbocycles. The first-order valence-electron chi connectivity index (χ1n) is 10.8. The van der Waals surface area contributed by atoms with E-state index in [2.05, 4.69) is 20.8 Å². The molecule has 0 unspecified atom stereocenters. The topological polar surface area (TPSA) is 35.5 Å². The molecule has 0 spiro atoms. The lowest BCUT2D eigenvalue weighted by atomic mass is 9.99. The van der Waals surface area contributed by atoms with E-state index < -0.39 is 0 Å². The third-order valence-electron chi connectivity index (χ3n) is 4.98. The van der Waals surface area contributed by atoms with Gasteiger partial charge in [0.25, 0.3) is 0 Å². The minimum Gasteiger partial charge on any atom is -0.494 e. The average molecular weight is 395 g/mol. The molecule has 2 aromatic carbocycles. The van der Waals surface area contributed by atoms with Crippen molar-refractivity contribution in [2.75, 3.05) is 6.61 Å². The standard InChI is InChI=1S/C26H34O3/c1-4-6-7-8-19-28-24-14-9-22(10-15-24)13-18-26(27)29-25-16-11-23(12-17-25)20-21(3)5-2/h9-18,21H,4-8,19-20H2,1-3H3/b18-13+/t21-/m0/s1. The lowest BCUT2D eigenvalue weighted by Crippen LogP contribution is -2.04. The van der Waals surface area contributed by atoms with Gasteiger partial charge in [-0.15, -0.1) is 0 Å². The zero-order valence-electron chi connectivity index (χ0n) is 18.0. The maximum atomic E-state index is 12.1. The Morgan fingerprint density at radius 3 is 2.28 bits per heavy atom. The molecular formula is C26H34O3. The Morgan fingerprint density at radius 2 is 1.62 bits per heavy atom. The summed E-state index contributed by atoms with van der Waals surface area (Å²) in [4.78, 5) is 12.1. The first kappa shape index (κ1) is 22.7. The first-order chi connectivity index (χ1) is 14.1. The van der Waals surface area contributed by atoms with Crippen molar-refractivity contribution in [2.24, 2.45) is 5.92 Å². The maximum Gasteiger partial charge on any atom is 0.336 e. The number of benzene rings is 2. The SMILES string of the molecule is CCCCCCOc1ccc(/C=C/C(=O)Oc2ccc(C[C@@H](C)CC)cc2)cc1. The largest absolute Gasteiger partial charge is 0.494 e. The molecule has 0 saturated carbocycles. The second-order valence-corrected chi connectivity index (χ2v) is 7.59. The Bertz CT molecular complexity index is 745. The summed E-state index contributed by atoms with van der Waals surface area (Å²) in [6.07, 6.45) is 10.2. The van der Waals surface area contributed by atoms with Crippen molar-refractivity contribution >= 4 is 12.0 Å². The monoisotopic (exact) mass is 394 g/mol. The van der Waals surface area contributed by atoms with E-state index in [0.717, 1.165) is 37.2 Å². The van der Waals surface area contributed by atoms with Gasteiger partial charge < -0.3 is 9.47 Å². The predicted octanol–water partition coefficient (Wildman–Crippen LogP) is 6.85. The molecule has 0 saturated heterocycles. The summed E-state index contributed by atoms with van der Waals surface area (Å²) in [6, 6.07) is 15.5. The minimum atomic E-state index is -0.379. The van der Waals surface area contributed by atoms with Crippen molar-refractivity contribution in [2.45, 2.75) is 59.3 Å². The van der Waals surface area contributed by atoms with Crippen LogP contribution in [0.3, 0.4) is 0 Å². The zero-order chi connectivity index (χ0) is 20.9. The number of hydrogen-bond acceptors (Lipinski definition) is 3. The van der Waals surface area contributed by atoms with Crippen LogP contribution in [0.5, 0.6) is 11.5 Å². The number of unbranched alkanes of at least 4 members (excludes halogenated alkanes) is 3. The highest BCUT2D eigenvalue weighted by molar-refractivity contribution is 5.88. The van der Waals surface area contributed by atoms with Crippen LogP contribution in [0.25, 0.3) is 6.08 Å². The molecule has 2 aromatic rings. The number of carbonyl (C=O) groups excluding carboxylic acids is 1. The summed E-state index contributed by atoms with van der Waals surface area (Å²) >= 11 is 0. The fourth-order valence-electron chi connectivity index (χ4n) is 2.95. The third-order valence-corrected chi connectivity index (χ3v) is 4.98. The van der Waals surface area contributed by atoms with E-state index in [-0.39, 0.29) is 5.97 Å². The smallest absolute Gasteiger partial charge is 0.336 e. The lowest BCUT2D eigenvalue weighted by molar-refractivity contribution is -0.128. The highest BCUT2D eigenvalue weighted by atomic mass is 16.5. The molecule has 1 atom stereocenters. The van der Waals surface area contributed by atoms with Gasteiger partial charge in [0.15, 0.2) is 0 Å². The molecule has 0 N–H and O–H groups in total. The third kappa shape index (κ3) is 8.99. The minimum absolute atomic E-state index is 0.379. The van der Waals surface area contributed by atoms with Crippen LogP contribution in [0.2, 0.25) is 0 Å². The maximum absolute atomic E-state index is 12.1. The van der Waals surface area contributed by atoms with E-state index in [1.807, 2.05) is 48.5 Å². The van der Waals surface area contributed by atoms with Gasteiger partial charge in [0.05, 0.1) is 6.61 Å². The molecule has 0 radical (unpaired) electrons. The highest BCUT2D eigenvalue weighted by Gasteiger charge is 2.04. The van der Waals surface area contributed by atoms with Crippen molar-refractivity contribution in [1.82, 2.24) is 0 Å². The van der Waals surface area contributed by atoms with E-state index in [9.17, 15) is 4.79 Å². The Hall–Kier alpha value is -2.55. The number of rotatable bonds is 12. The van der Waals surface area contributed by atoms with Crippen LogP contribution in [-0.2, 0) is 11.2 Å². The summed E-state index contributed by atoms with van der Waals surface area (Å²) in [7, 11) is 0. The van der Waals surface area contributed by atoms with Crippen LogP contribution < -0.4 is 9.47 Å². The predicted molar refractivity (Wildman–Crippen MR) is 120 cm³/mol. The average Bonchev–Trinajstić information content (AvgIpc) is 2.74. The van der Waals surface area contributed by atoms with Gasteiger partial charge in [-0.1, -0.05) is 70.7 Å². The molecule has 156 valence electrons. The van der Waals surface area contributed by atoms with Crippen molar-refractivity contribution in [3.63, 3.8) is 0 Å². The van der Waals surface area contributed by atoms with Gasteiger partial charge in [-0.2, -0.15) is 0 Å². The molecule has 3 heteroatoms. The van der Waals surface area contributed by atoms with E-state index in [1.165, 1.54) is 30.9 Å². The van der Waals surface area contributed by atoms with E-state index in [1.54, 1.807) is 6.08 Å². The van der Waals surface area contributed by atoms with Crippen LogP contribution in [-0.4, -0.2) is 12.6 Å². The van der Waals surface area contributed by atoms with Crippen molar-refractivity contribution in [3.8, 4) is 11.5 Å². The fourth-order valence-corrected chi connectivity index (χ4v) is 2.95. The van der Waals surface area contributed by atoms with Crippen LogP contribution in [0, 0.1) is 5.92 Å². The highest BCUT2D eigenvalue weighted by Crippen LogP contribution is 2.17. The normalized spacial score (nSPS) is 12.1. The first-order valence-corrected chi connectivity index (χ1v) is 10.8. The van der Waals surface area contributed by atoms with E-state index in [4.69, 9.17) is 9.47 Å². The molecule has 29 heavy (non-hydrogen) atoms. The second-order valence-electron chi connectivity index (χ2n) is 7.59. The van der Waals surface area contributed by atoms with Gasteiger partial charge in [-0.3, -0.25) is 0 Å². The summed E-state index contributed by atoms with van der Waals surface area (Å²) < 4.78 is 11.1. The van der Waals surface area contributed by atoms with E-state index in [0.29, 0.717) is 11.7 Å². The molecule has 0 aromatic heterocycles. The lowest BCUT2D eigenvalue weighted by Gasteiger charge is -2.08. The molecule has 0 fully saturated rings.